The molecule has 1 radical (unpaired) electrons. The fourth-order valence-corrected chi connectivity index (χ4v) is 1.14. The highest BCUT2D eigenvalue weighted by Crippen LogP contribution is 2.34. The van der Waals surface area contributed by atoms with Crippen LogP contribution in [0.15, 0.2) is 0 Å². The van der Waals surface area contributed by atoms with Crippen molar-refractivity contribution in [2.75, 3.05) is 21.3 Å². The second kappa shape index (κ2) is 4.23. The van der Waals surface area contributed by atoms with Gasteiger partial charge in [0.1, 0.15) is 6.07 Å². The van der Waals surface area contributed by atoms with Gasteiger partial charge in [0.05, 0.1) is 21.3 Å². The van der Waals surface area contributed by atoms with E-state index in [9.17, 15) is 5.21 Å². The molecule has 0 aliphatic heterocycles. The Morgan fingerprint density at radius 2 is 1.86 bits per heavy atom. The maximum atomic E-state index is 11.3. The van der Waals surface area contributed by atoms with E-state index in [1.54, 1.807) is 0 Å². The van der Waals surface area contributed by atoms with Gasteiger partial charge in [0.2, 0.25) is 0 Å². The van der Waals surface area contributed by atoms with Crippen molar-refractivity contribution in [3.8, 4) is 17.4 Å². The normalized spacial score (nSPS) is 9.71. The number of aromatic nitrogens is 1. The molecule has 1 aromatic heterocycles. The van der Waals surface area contributed by atoms with Gasteiger partial charge in [0.25, 0.3) is 5.75 Å². The predicted molar refractivity (Wildman–Crippen MR) is 48.9 cm³/mol. The lowest BCUT2D eigenvalue weighted by Crippen LogP contribution is -2.30. The average Bonchev–Trinajstić information content (AvgIpc) is 2.20. The van der Waals surface area contributed by atoms with Crippen LogP contribution in [-0.2, 0) is 0 Å². The Labute approximate surface area is 86.3 Å². The molecule has 0 saturated heterocycles. The first-order valence-electron chi connectivity index (χ1n) is 3.66. The molecule has 0 amide bonds. The number of rotatable bonds is 3. The van der Waals surface area contributed by atoms with Crippen LogP contribution in [0.1, 0.15) is 0 Å². The summed E-state index contributed by atoms with van der Waals surface area (Å²) in [6.07, 6.45) is 0. The summed E-state index contributed by atoms with van der Waals surface area (Å²) in [6, 6.07) is 2.51. The van der Waals surface area contributed by atoms with Crippen molar-refractivity contribution in [1.29, 1.82) is 0 Å². The topological polar surface area (TPSA) is 54.6 Å². The highest BCUT2D eigenvalue weighted by atomic mass is 35.5. The molecule has 0 aromatic carbocycles. The van der Waals surface area contributed by atoms with E-state index in [4.69, 9.17) is 25.8 Å². The molecule has 0 spiro atoms. The van der Waals surface area contributed by atoms with Gasteiger partial charge in [-0.05, 0) is 11.6 Å². The number of hydrogen-bond donors (Lipinski definition) is 0. The number of halogens is 1. The minimum absolute atomic E-state index is 0.0619. The second-order valence-corrected chi connectivity index (χ2v) is 2.64. The van der Waals surface area contributed by atoms with Crippen LogP contribution in [0.25, 0.3) is 0 Å². The maximum Gasteiger partial charge on any atom is 0.428 e. The zero-order chi connectivity index (χ0) is 10.7. The largest absolute Gasteiger partial charge is 0.615 e. The second-order valence-electron chi connectivity index (χ2n) is 2.29. The van der Waals surface area contributed by atoms with Crippen molar-refractivity contribution in [2.24, 2.45) is 0 Å². The first kappa shape index (κ1) is 10.7. The van der Waals surface area contributed by atoms with E-state index in [0.29, 0.717) is 4.73 Å². The molecule has 0 N–H and O–H groups in total. The van der Waals surface area contributed by atoms with Crippen LogP contribution >= 0.6 is 11.6 Å². The molecule has 0 aliphatic rings. The fourth-order valence-electron chi connectivity index (χ4n) is 0.979. The first-order chi connectivity index (χ1) is 6.65. The van der Waals surface area contributed by atoms with Crippen LogP contribution in [0.2, 0.25) is 5.15 Å². The SMILES string of the molecule is COc1[c]c(Cl)[n+]([O-])c(OC)c1OC. The number of nitrogens with zero attached hydrogens (tertiary/aromatic N) is 1. The average molecular weight is 219 g/mol. The van der Waals surface area contributed by atoms with E-state index >= 15 is 0 Å². The molecule has 0 saturated carbocycles. The summed E-state index contributed by atoms with van der Waals surface area (Å²) in [6.45, 7) is 0. The Morgan fingerprint density at radius 3 is 2.29 bits per heavy atom. The van der Waals surface area contributed by atoms with Crippen molar-refractivity contribution < 1.29 is 18.9 Å². The zero-order valence-electron chi connectivity index (χ0n) is 7.96. The van der Waals surface area contributed by atoms with E-state index in [0.717, 1.165) is 0 Å². The fraction of sp³-hybridized carbons (Fsp3) is 0.375. The monoisotopic (exact) mass is 218 g/mol. The molecule has 1 rings (SSSR count). The van der Waals surface area contributed by atoms with Crippen LogP contribution < -0.4 is 18.9 Å². The highest BCUT2D eigenvalue weighted by Gasteiger charge is 2.24. The van der Waals surface area contributed by atoms with E-state index in [1.165, 1.54) is 21.3 Å². The summed E-state index contributed by atoms with van der Waals surface area (Å²) in [5.41, 5.74) is 0. The molecule has 6 heteroatoms. The van der Waals surface area contributed by atoms with Crippen molar-refractivity contribution in [3.63, 3.8) is 0 Å². The van der Waals surface area contributed by atoms with Crippen LogP contribution in [-0.4, -0.2) is 21.3 Å². The minimum Gasteiger partial charge on any atom is -0.615 e. The van der Waals surface area contributed by atoms with E-state index in [2.05, 4.69) is 6.07 Å². The lowest BCUT2D eigenvalue weighted by atomic mass is 10.4. The van der Waals surface area contributed by atoms with Crippen molar-refractivity contribution in [2.45, 2.75) is 0 Å². The number of methoxy groups -OCH3 is 3. The van der Waals surface area contributed by atoms with Gasteiger partial charge in [0, 0.05) is 0 Å². The van der Waals surface area contributed by atoms with E-state index < -0.39 is 0 Å². The van der Waals surface area contributed by atoms with Crippen LogP contribution in [0.3, 0.4) is 0 Å². The third-order valence-electron chi connectivity index (χ3n) is 1.58. The predicted octanol–water partition coefficient (Wildman–Crippen LogP) is 0.799. The third-order valence-corrected chi connectivity index (χ3v) is 1.83. The summed E-state index contributed by atoms with van der Waals surface area (Å²) in [5, 5.41) is 11.2. The number of ether oxygens (including phenoxy) is 3. The van der Waals surface area contributed by atoms with Crippen molar-refractivity contribution in [3.05, 3.63) is 16.4 Å². The van der Waals surface area contributed by atoms with Gasteiger partial charge in [-0.2, -0.15) is 0 Å². The van der Waals surface area contributed by atoms with Gasteiger partial charge in [-0.3, -0.25) is 0 Å². The van der Waals surface area contributed by atoms with Crippen LogP contribution in [0.4, 0.5) is 0 Å². The Balaban J connectivity index is 3.42. The lowest BCUT2D eigenvalue weighted by molar-refractivity contribution is -0.610. The molecule has 0 unspecified atom stereocenters. The molecule has 5 nitrogen and oxygen atoms in total. The highest BCUT2D eigenvalue weighted by molar-refractivity contribution is 6.28. The molecule has 0 aliphatic carbocycles. The molecular weight excluding hydrogens is 210 g/mol. The Morgan fingerprint density at radius 1 is 1.21 bits per heavy atom. The van der Waals surface area contributed by atoms with E-state index in [-0.39, 0.29) is 22.5 Å². The van der Waals surface area contributed by atoms with Crippen LogP contribution in [0.5, 0.6) is 17.4 Å². The Bertz CT molecular complexity index is 343. The van der Waals surface area contributed by atoms with Crippen molar-refractivity contribution in [1.82, 2.24) is 0 Å². The molecule has 0 fully saturated rings. The molecule has 1 aromatic rings. The van der Waals surface area contributed by atoms with Gasteiger partial charge in [-0.1, -0.05) is 0 Å². The Hall–Kier alpha value is -1.36. The molecule has 0 bridgehead atoms. The minimum atomic E-state index is -0.167. The summed E-state index contributed by atoms with van der Waals surface area (Å²) < 4.78 is 15.0. The smallest absolute Gasteiger partial charge is 0.428 e. The molecule has 1 heterocycles. The summed E-state index contributed by atoms with van der Waals surface area (Å²) >= 11 is 5.58. The third kappa shape index (κ3) is 1.63. The molecule has 14 heavy (non-hydrogen) atoms. The number of hydrogen-bond acceptors (Lipinski definition) is 4. The quantitative estimate of drug-likeness (QED) is 0.428. The standard InChI is InChI=1S/C8H9ClNO4/c1-12-5-4-6(9)10(11)8(14-3)7(5)13-2/h1-3H3. The lowest BCUT2D eigenvalue weighted by Gasteiger charge is -2.10. The van der Waals surface area contributed by atoms with Crippen molar-refractivity contribution >= 4 is 11.6 Å². The van der Waals surface area contributed by atoms with Gasteiger partial charge in [0.15, 0.2) is 5.75 Å². The van der Waals surface area contributed by atoms with Gasteiger partial charge in [-0.15, -0.1) is 4.73 Å². The Kier molecular flexibility index (Phi) is 3.24. The molecule has 0 atom stereocenters. The molecular formula is C8H9ClNO4. The summed E-state index contributed by atoms with van der Waals surface area (Å²) in [5.74, 6) is 0.323. The summed E-state index contributed by atoms with van der Waals surface area (Å²) in [7, 11) is 4.14. The van der Waals surface area contributed by atoms with Gasteiger partial charge >= 0.3 is 11.0 Å². The van der Waals surface area contributed by atoms with Crippen LogP contribution in [0, 0.1) is 11.3 Å². The molecule has 77 valence electrons. The zero-order valence-corrected chi connectivity index (χ0v) is 8.71. The van der Waals surface area contributed by atoms with Gasteiger partial charge < -0.3 is 19.4 Å². The number of pyridine rings is 1. The van der Waals surface area contributed by atoms with Gasteiger partial charge in [-0.25, -0.2) is 0 Å². The first-order valence-corrected chi connectivity index (χ1v) is 4.03. The van der Waals surface area contributed by atoms with E-state index in [1.807, 2.05) is 0 Å². The summed E-state index contributed by atoms with van der Waals surface area (Å²) in [4.78, 5) is 0. The maximum absolute atomic E-state index is 11.3.